The van der Waals surface area contributed by atoms with Gasteiger partial charge in [0.1, 0.15) is 5.69 Å². The zero-order valence-electron chi connectivity index (χ0n) is 14.2. The van der Waals surface area contributed by atoms with E-state index in [0.29, 0.717) is 18.8 Å². The SMILES string of the molecule is CCc1n[nH]c2c1CN(C(=O)c1csc(Cc3ccccc3)n1)CC2. The van der Waals surface area contributed by atoms with Crippen LogP contribution in [-0.2, 0) is 25.8 Å². The van der Waals surface area contributed by atoms with Gasteiger partial charge < -0.3 is 4.90 Å². The molecule has 4 rings (SSSR count). The van der Waals surface area contributed by atoms with Crippen LogP contribution in [0.1, 0.15) is 44.9 Å². The molecule has 5 nitrogen and oxygen atoms in total. The van der Waals surface area contributed by atoms with Crippen molar-refractivity contribution in [1.29, 1.82) is 0 Å². The molecule has 6 heteroatoms. The van der Waals surface area contributed by atoms with Crippen molar-refractivity contribution in [1.82, 2.24) is 20.1 Å². The summed E-state index contributed by atoms with van der Waals surface area (Å²) >= 11 is 1.55. The number of carbonyl (C=O) groups is 1. The number of rotatable bonds is 4. The number of aromatic amines is 1. The van der Waals surface area contributed by atoms with Crippen molar-refractivity contribution in [3.63, 3.8) is 0 Å². The molecule has 0 saturated heterocycles. The lowest BCUT2D eigenvalue weighted by molar-refractivity contribution is 0.0728. The van der Waals surface area contributed by atoms with Gasteiger partial charge >= 0.3 is 0 Å². The summed E-state index contributed by atoms with van der Waals surface area (Å²) < 4.78 is 0. The van der Waals surface area contributed by atoms with Crippen LogP contribution in [0.4, 0.5) is 0 Å². The Morgan fingerprint density at radius 3 is 2.96 bits per heavy atom. The van der Waals surface area contributed by atoms with Gasteiger partial charge in [-0.2, -0.15) is 5.10 Å². The molecule has 0 saturated carbocycles. The Labute approximate surface area is 150 Å². The standard InChI is InChI=1S/C19H20N4OS/c1-2-15-14-11-23(9-8-16(14)22-21-15)19(24)17-12-25-18(20-17)10-13-6-4-3-5-7-13/h3-7,12H,2,8-11H2,1H3,(H,21,22). The predicted molar refractivity (Wildman–Crippen MR) is 97.8 cm³/mol. The maximum Gasteiger partial charge on any atom is 0.273 e. The molecule has 0 radical (unpaired) electrons. The average molecular weight is 352 g/mol. The number of benzene rings is 1. The number of hydrogen-bond acceptors (Lipinski definition) is 4. The molecule has 0 unspecified atom stereocenters. The minimum Gasteiger partial charge on any atom is -0.332 e. The first kappa shape index (κ1) is 16.0. The molecule has 1 aromatic carbocycles. The number of thiazole rings is 1. The molecular weight excluding hydrogens is 332 g/mol. The molecule has 3 heterocycles. The fourth-order valence-corrected chi connectivity index (χ4v) is 4.05. The lowest BCUT2D eigenvalue weighted by atomic mass is 10.0. The number of aromatic nitrogens is 3. The Morgan fingerprint density at radius 1 is 1.32 bits per heavy atom. The van der Waals surface area contributed by atoms with Crippen LogP contribution in [-0.4, -0.2) is 32.5 Å². The van der Waals surface area contributed by atoms with E-state index in [9.17, 15) is 4.79 Å². The third-order valence-corrected chi connectivity index (χ3v) is 5.46. The van der Waals surface area contributed by atoms with Gasteiger partial charge in [0.25, 0.3) is 5.91 Å². The van der Waals surface area contributed by atoms with Crippen molar-refractivity contribution in [3.05, 3.63) is 68.9 Å². The Morgan fingerprint density at radius 2 is 2.16 bits per heavy atom. The summed E-state index contributed by atoms with van der Waals surface area (Å²) in [6.07, 6.45) is 2.48. The molecule has 25 heavy (non-hydrogen) atoms. The van der Waals surface area contributed by atoms with Gasteiger partial charge in [0.2, 0.25) is 0 Å². The van der Waals surface area contributed by atoms with Crippen molar-refractivity contribution in [2.24, 2.45) is 0 Å². The van der Waals surface area contributed by atoms with E-state index in [4.69, 9.17) is 0 Å². The lowest BCUT2D eigenvalue weighted by Gasteiger charge is -2.26. The summed E-state index contributed by atoms with van der Waals surface area (Å²) in [4.78, 5) is 19.3. The summed E-state index contributed by atoms with van der Waals surface area (Å²) in [5, 5.41) is 10.3. The number of aryl methyl sites for hydroxylation is 1. The summed E-state index contributed by atoms with van der Waals surface area (Å²) in [6.45, 7) is 3.43. The van der Waals surface area contributed by atoms with Crippen molar-refractivity contribution in [2.75, 3.05) is 6.54 Å². The summed E-state index contributed by atoms with van der Waals surface area (Å²) in [5.41, 5.74) is 5.19. The van der Waals surface area contributed by atoms with E-state index in [0.717, 1.165) is 30.0 Å². The molecule has 0 aliphatic carbocycles. The van der Waals surface area contributed by atoms with Crippen LogP contribution in [0.15, 0.2) is 35.7 Å². The fourth-order valence-electron chi connectivity index (χ4n) is 3.24. The highest BCUT2D eigenvalue weighted by atomic mass is 32.1. The van der Waals surface area contributed by atoms with E-state index in [-0.39, 0.29) is 5.91 Å². The number of nitrogens with one attached hydrogen (secondary N) is 1. The van der Waals surface area contributed by atoms with Gasteiger partial charge in [0, 0.05) is 42.6 Å². The van der Waals surface area contributed by atoms with Gasteiger partial charge in [-0.15, -0.1) is 11.3 Å². The molecule has 3 aromatic rings. The quantitative estimate of drug-likeness (QED) is 0.784. The van der Waals surface area contributed by atoms with Gasteiger partial charge in [0.05, 0.1) is 10.7 Å². The molecule has 1 N–H and O–H groups in total. The van der Waals surface area contributed by atoms with Gasteiger partial charge in [-0.3, -0.25) is 9.89 Å². The highest BCUT2D eigenvalue weighted by molar-refractivity contribution is 7.09. The van der Waals surface area contributed by atoms with Crippen molar-refractivity contribution in [2.45, 2.75) is 32.7 Å². The van der Waals surface area contributed by atoms with Crippen LogP contribution in [0.25, 0.3) is 0 Å². The number of nitrogens with zero attached hydrogens (tertiary/aromatic N) is 3. The number of carbonyl (C=O) groups excluding carboxylic acids is 1. The monoisotopic (exact) mass is 352 g/mol. The maximum atomic E-state index is 12.8. The maximum absolute atomic E-state index is 12.8. The van der Waals surface area contributed by atoms with Crippen LogP contribution in [0, 0.1) is 0 Å². The van der Waals surface area contributed by atoms with Gasteiger partial charge in [0.15, 0.2) is 0 Å². The van der Waals surface area contributed by atoms with E-state index < -0.39 is 0 Å². The molecule has 128 valence electrons. The highest BCUT2D eigenvalue weighted by Gasteiger charge is 2.26. The third kappa shape index (κ3) is 3.22. The minimum absolute atomic E-state index is 0.0180. The van der Waals surface area contributed by atoms with Crippen LogP contribution in [0.3, 0.4) is 0 Å². The van der Waals surface area contributed by atoms with Crippen molar-refractivity contribution in [3.8, 4) is 0 Å². The fraction of sp³-hybridized carbons (Fsp3) is 0.316. The molecule has 1 aliphatic rings. The smallest absolute Gasteiger partial charge is 0.273 e. The Hall–Kier alpha value is -2.47. The van der Waals surface area contributed by atoms with E-state index in [1.807, 2.05) is 28.5 Å². The minimum atomic E-state index is 0.0180. The summed E-state index contributed by atoms with van der Waals surface area (Å²) in [6, 6.07) is 10.2. The molecule has 0 spiro atoms. The molecule has 2 aromatic heterocycles. The second-order valence-electron chi connectivity index (χ2n) is 6.25. The van der Waals surface area contributed by atoms with Crippen molar-refractivity contribution >= 4 is 17.2 Å². The number of amides is 1. The number of hydrogen-bond donors (Lipinski definition) is 1. The second-order valence-corrected chi connectivity index (χ2v) is 7.19. The van der Waals surface area contributed by atoms with E-state index in [2.05, 4.69) is 34.2 Å². The highest BCUT2D eigenvalue weighted by Crippen LogP contribution is 2.23. The lowest BCUT2D eigenvalue weighted by Crippen LogP contribution is -2.36. The summed E-state index contributed by atoms with van der Waals surface area (Å²) in [7, 11) is 0. The molecule has 0 fully saturated rings. The van der Waals surface area contributed by atoms with E-state index >= 15 is 0 Å². The van der Waals surface area contributed by atoms with Crippen LogP contribution in [0.5, 0.6) is 0 Å². The first-order chi connectivity index (χ1) is 12.2. The Balaban J connectivity index is 1.48. The first-order valence-corrected chi connectivity index (χ1v) is 9.45. The van der Waals surface area contributed by atoms with Crippen LogP contribution in [0.2, 0.25) is 0 Å². The van der Waals surface area contributed by atoms with Gasteiger partial charge in [-0.1, -0.05) is 37.3 Å². The normalized spacial score (nSPS) is 13.7. The average Bonchev–Trinajstić information content (AvgIpc) is 3.28. The first-order valence-electron chi connectivity index (χ1n) is 8.57. The van der Waals surface area contributed by atoms with Gasteiger partial charge in [-0.25, -0.2) is 4.98 Å². The van der Waals surface area contributed by atoms with E-state index in [1.165, 1.54) is 16.8 Å². The Kier molecular flexibility index (Phi) is 4.36. The van der Waals surface area contributed by atoms with Crippen LogP contribution >= 0.6 is 11.3 Å². The molecule has 1 aliphatic heterocycles. The summed E-state index contributed by atoms with van der Waals surface area (Å²) in [5.74, 6) is 0.0180. The zero-order chi connectivity index (χ0) is 17.2. The third-order valence-electron chi connectivity index (χ3n) is 4.61. The molecule has 0 atom stereocenters. The van der Waals surface area contributed by atoms with Gasteiger partial charge in [-0.05, 0) is 12.0 Å². The molecular formula is C19H20N4OS. The predicted octanol–water partition coefficient (Wildman–Crippen LogP) is 3.22. The zero-order valence-corrected chi connectivity index (χ0v) is 15.0. The van der Waals surface area contributed by atoms with E-state index in [1.54, 1.807) is 11.3 Å². The van der Waals surface area contributed by atoms with Crippen molar-refractivity contribution < 1.29 is 4.79 Å². The molecule has 0 bridgehead atoms. The Bertz CT molecular complexity index is 870. The topological polar surface area (TPSA) is 61.9 Å². The number of H-pyrrole nitrogens is 1. The molecule has 1 amide bonds. The largest absolute Gasteiger partial charge is 0.332 e. The number of fused-ring (bicyclic) bond motifs is 1. The van der Waals surface area contributed by atoms with Crippen LogP contribution < -0.4 is 0 Å². The second kappa shape index (κ2) is 6.80.